The summed E-state index contributed by atoms with van der Waals surface area (Å²) >= 11 is 11.8. The lowest BCUT2D eigenvalue weighted by Gasteiger charge is -2.17. The van der Waals surface area contributed by atoms with Crippen molar-refractivity contribution in [3.63, 3.8) is 0 Å². The highest BCUT2D eigenvalue weighted by Gasteiger charge is 2.19. The summed E-state index contributed by atoms with van der Waals surface area (Å²) in [6.07, 6.45) is -0.0145. The van der Waals surface area contributed by atoms with Crippen LogP contribution >= 0.6 is 23.2 Å². The molecule has 0 unspecified atom stereocenters. The summed E-state index contributed by atoms with van der Waals surface area (Å²) in [6.45, 7) is 0. The molecule has 3 rings (SSSR count). The van der Waals surface area contributed by atoms with E-state index >= 15 is 0 Å². The van der Waals surface area contributed by atoms with Gasteiger partial charge in [-0.1, -0.05) is 41.4 Å². The van der Waals surface area contributed by atoms with Crippen LogP contribution < -0.4 is 11.1 Å². The molecular weight excluding hydrogens is 361 g/mol. The highest BCUT2D eigenvalue weighted by atomic mass is 35.5. The molecule has 5 nitrogen and oxygen atoms in total. The van der Waals surface area contributed by atoms with Gasteiger partial charge in [-0.2, -0.15) is 0 Å². The van der Waals surface area contributed by atoms with Gasteiger partial charge in [-0.15, -0.1) is 0 Å². The molecule has 0 aliphatic carbocycles. The Bertz CT molecular complexity index is 935. The van der Waals surface area contributed by atoms with Crippen molar-refractivity contribution < 1.29 is 9.59 Å². The SMILES string of the molecule is NC(=O)C[C@@H](NC(=O)c1cc2ccc(Cl)cc2[nH]1)c1ccc(Cl)cc1. The molecule has 0 fully saturated rings. The van der Waals surface area contributed by atoms with E-state index in [1.807, 2.05) is 6.07 Å². The highest BCUT2D eigenvalue weighted by molar-refractivity contribution is 6.31. The number of nitrogens with one attached hydrogen (secondary N) is 2. The summed E-state index contributed by atoms with van der Waals surface area (Å²) < 4.78 is 0. The third kappa shape index (κ3) is 4.13. The van der Waals surface area contributed by atoms with Gasteiger partial charge in [-0.3, -0.25) is 9.59 Å². The van der Waals surface area contributed by atoms with Crippen LogP contribution in [0.4, 0.5) is 0 Å². The Labute approximate surface area is 154 Å². The fraction of sp³-hybridized carbons (Fsp3) is 0.111. The molecule has 25 heavy (non-hydrogen) atoms. The van der Waals surface area contributed by atoms with Crippen LogP contribution in [0.5, 0.6) is 0 Å². The molecule has 128 valence electrons. The summed E-state index contributed by atoms with van der Waals surface area (Å²) in [7, 11) is 0. The van der Waals surface area contributed by atoms with Crippen molar-refractivity contribution in [2.75, 3.05) is 0 Å². The number of hydrogen-bond acceptors (Lipinski definition) is 2. The number of fused-ring (bicyclic) bond motifs is 1. The largest absolute Gasteiger partial charge is 0.370 e. The van der Waals surface area contributed by atoms with Gasteiger partial charge in [-0.05, 0) is 35.9 Å². The zero-order valence-electron chi connectivity index (χ0n) is 13.1. The summed E-state index contributed by atoms with van der Waals surface area (Å²) in [5.74, 6) is -0.850. The standard InChI is InChI=1S/C18H15Cl2N3O2/c19-12-4-1-10(2-5-12)15(9-17(21)24)23-18(25)16-7-11-3-6-13(20)8-14(11)22-16/h1-8,15,22H,9H2,(H2,21,24)(H,23,25)/t15-/m1/s1. The van der Waals surface area contributed by atoms with Crippen LogP contribution in [0, 0.1) is 0 Å². The maximum atomic E-state index is 12.6. The number of carbonyl (C=O) groups excluding carboxylic acids is 2. The van der Waals surface area contributed by atoms with Crippen LogP contribution in [-0.4, -0.2) is 16.8 Å². The van der Waals surface area contributed by atoms with Gasteiger partial charge in [0.1, 0.15) is 5.69 Å². The number of carbonyl (C=O) groups is 2. The molecule has 2 aromatic carbocycles. The molecule has 0 aliphatic heterocycles. The number of primary amides is 1. The van der Waals surface area contributed by atoms with E-state index in [2.05, 4.69) is 10.3 Å². The van der Waals surface area contributed by atoms with Crippen LogP contribution in [0.1, 0.15) is 28.5 Å². The van der Waals surface area contributed by atoms with Crippen molar-refractivity contribution in [2.24, 2.45) is 5.73 Å². The minimum Gasteiger partial charge on any atom is -0.370 e. The number of aromatic amines is 1. The first-order valence-electron chi connectivity index (χ1n) is 7.55. The molecule has 0 saturated heterocycles. The molecule has 0 spiro atoms. The molecule has 3 aromatic rings. The lowest BCUT2D eigenvalue weighted by Crippen LogP contribution is -2.32. The lowest BCUT2D eigenvalue weighted by molar-refractivity contribution is -0.118. The Morgan fingerprint density at radius 3 is 2.40 bits per heavy atom. The summed E-state index contributed by atoms with van der Waals surface area (Å²) in [5, 5.41) is 4.84. The lowest BCUT2D eigenvalue weighted by atomic mass is 10.0. The van der Waals surface area contributed by atoms with Gasteiger partial charge >= 0.3 is 0 Å². The minimum atomic E-state index is -0.544. The fourth-order valence-corrected chi connectivity index (χ4v) is 2.90. The number of rotatable bonds is 5. The van der Waals surface area contributed by atoms with Crippen molar-refractivity contribution >= 4 is 45.9 Å². The van der Waals surface area contributed by atoms with Gasteiger partial charge in [0.2, 0.25) is 5.91 Å². The number of H-pyrrole nitrogens is 1. The van der Waals surface area contributed by atoms with E-state index in [1.54, 1.807) is 42.5 Å². The van der Waals surface area contributed by atoms with Crippen LogP contribution in [0.25, 0.3) is 10.9 Å². The number of benzene rings is 2. The first kappa shape index (κ1) is 17.3. The van der Waals surface area contributed by atoms with Crippen molar-refractivity contribution in [2.45, 2.75) is 12.5 Å². The zero-order valence-corrected chi connectivity index (χ0v) is 14.6. The van der Waals surface area contributed by atoms with Gasteiger partial charge in [0.25, 0.3) is 5.91 Å². The number of nitrogens with two attached hydrogens (primary N) is 1. The Balaban J connectivity index is 1.85. The third-order valence-corrected chi connectivity index (χ3v) is 4.30. The topological polar surface area (TPSA) is 88.0 Å². The van der Waals surface area contributed by atoms with Crippen LogP contribution in [0.3, 0.4) is 0 Å². The normalized spacial score (nSPS) is 12.1. The molecule has 0 saturated carbocycles. The molecule has 2 amide bonds. The maximum Gasteiger partial charge on any atom is 0.268 e. The van der Waals surface area contributed by atoms with Crippen molar-refractivity contribution in [3.05, 3.63) is 69.8 Å². The Kier molecular flexibility index (Phi) is 4.97. The molecule has 1 heterocycles. The zero-order chi connectivity index (χ0) is 18.0. The molecule has 0 bridgehead atoms. The Hall–Kier alpha value is -2.50. The van der Waals surface area contributed by atoms with E-state index in [9.17, 15) is 9.59 Å². The summed E-state index contributed by atoms with van der Waals surface area (Å²) in [6, 6.07) is 13.4. The van der Waals surface area contributed by atoms with Crippen LogP contribution in [0.15, 0.2) is 48.5 Å². The molecule has 0 aliphatic rings. The van der Waals surface area contributed by atoms with Gasteiger partial charge in [-0.25, -0.2) is 0 Å². The monoisotopic (exact) mass is 375 g/mol. The van der Waals surface area contributed by atoms with Crippen molar-refractivity contribution in [1.29, 1.82) is 0 Å². The average molecular weight is 376 g/mol. The fourth-order valence-electron chi connectivity index (χ4n) is 2.61. The second-order valence-corrected chi connectivity index (χ2v) is 6.54. The third-order valence-electron chi connectivity index (χ3n) is 3.81. The molecule has 0 radical (unpaired) electrons. The van der Waals surface area contributed by atoms with Gasteiger partial charge in [0.15, 0.2) is 0 Å². The second-order valence-electron chi connectivity index (χ2n) is 5.66. The molecule has 1 atom stereocenters. The molecule has 1 aromatic heterocycles. The smallest absolute Gasteiger partial charge is 0.268 e. The van der Waals surface area contributed by atoms with Gasteiger partial charge < -0.3 is 16.0 Å². The minimum absolute atomic E-state index is 0.0145. The first-order chi connectivity index (χ1) is 11.9. The second kappa shape index (κ2) is 7.17. The van der Waals surface area contributed by atoms with E-state index in [0.717, 1.165) is 16.5 Å². The van der Waals surface area contributed by atoms with E-state index < -0.39 is 11.9 Å². The molecular formula is C18H15Cl2N3O2. The van der Waals surface area contributed by atoms with Gasteiger partial charge in [0, 0.05) is 20.9 Å². The number of hydrogen-bond donors (Lipinski definition) is 3. The van der Waals surface area contributed by atoms with E-state index in [1.165, 1.54) is 0 Å². The predicted octanol–water partition coefficient (Wildman–Crippen LogP) is 3.82. The van der Waals surface area contributed by atoms with Crippen molar-refractivity contribution in [1.82, 2.24) is 10.3 Å². The van der Waals surface area contributed by atoms with E-state index in [-0.39, 0.29) is 12.3 Å². The summed E-state index contributed by atoms with van der Waals surface area (Å²) in [4.78, 5) is 27.0. The quantitative estimate of drug-likeness (QED) is 0.632. The van der Waals surface area contributed by atoms with Gasteiger partial charge in [0.05, 0.1) is 12.5 Å². The number of aromatic nitrogens is 1. The molecule has 7 heteroatoms. The molecule has 4 N–H and O–H groups in total. The number of amides is 2. The summed E-state index contributed by atoms with van der Waals surface area (Å²) in [5.41, 5.74) is 7.20. The Morgan fingerprint density at radius 1 is 1.04 bits per heavy atom. The van der Waals surface area contributed by atoms with Crippen molar-refractivity contribution in [3.8, 4) is 0 Å². The van der Waals surface area contributed by atoms with E-state index in [0.29, 0.717) is 15.7 Å². The predicted molar refractivity (Wildman–Crippen MR) is 98.8 cm³/mol. The average Bonchev–Trinajstić information content (AvgIpc) is 2.97. The highest BCUT2D eigenvalue weighted by Crippen LogP contribution is 2.22. The van der Waals surface area contributed by atoms with Crippen LogP contribution in [-0.2, 0) is 4.79 Å². The maximum absolute atomic E-state index is 12.6. The Morgan fingerprint density at radius 2 is 1.72 bits per heavy atom. The van der Waals surface area contributed by atoms with Crippen LogP contribution in [0.2, 0.25) is 10.0 Å². The first-order valence-corrected chi connectivity index (χ1v) is 8.31. The number of halogens is 2. The van der Waals surface area contributed by atoms with E-state index in [4.69, 9.17) is 28.9 Å².